The van der Waals surface area contributed by atoms with Crippen molar-refractivity contribution in [3.63, 3.8) is 0 Å². The van der Waals surface area contributed by atoms with Crippen LogP contribution in [0.4, 0.5) is 0 Å². The highest BCUT2D eigenvalue weighted by atomic mass is 79.9. The van der Waals surface area contributed by atoms with Gasteiger partial charge in [-0.2, -0.15) is 5.10 Å². The second-order valence-electron chi connectivity index (χ2n) is 4.50. The van der Waals surface area contributed by atoms with Gasteiger partial charge in [-0.05, 0) is 31.2 Å². The fourth-order valence-corrected chi connectivity index (χ4v) is 2.01. The Bertz CT molecular complexity index is 715. The molecule has 7 heteroatoms. The molecule has 0 radical (unpaired) electrons. The van der Waals surface area contributed by atoms with Gasteiger partial charge in [0.2, 0.25) is 0 Å². The third-order valence-electron chi connectivity index (χ3n) is 2.99. The van der Waals surface area contributed by atoms with Crippen LogP contribution in [-0.4, -0.2) is 27.3 Å². The molecule has 1 amide bonds. The summed E-state index contributed by atoms with van der Waals surface area (Å²) in [6.45, 7) is 1.34. The van der Waals surface area contributed by atoms with Crippen molar-refractivity contribution in [3.8, 4) is 5.75 Å². The zero-order chi connectivity index (χ0) is 16.1. The number of nitrogens with one attached hydrogen (secondary N) is 1. The number of aliphatic hydroxyl groups excluding tert-OH is 1. The molecule has 0 aliphatic carbocycles. The van der Waals surface area contributed by atoms with E-state index in [2.05, 4.69) is 31.4 Å². The Morgan fingerprint density at radius 3 is 2.73 bits per heavy atom. The molecule has 0 aliphatic rings. The number of carbonyl (C=O) groups excluding carboxylic acids is 1. The summed E-state index contributed by atoms with van der Waals surface area (Å²) in [5.74, 6) is -0.451. The first-order chi connectivity index (χ1) is 10.5. The average Bonchev–Trinajstić information content (AvgIpc) is 2.52. The van der Waals surface area contributed by atoms with Crippen molar-refractivity contribution in [2.75, 3.05) is 0 Å². The Labute approximate surface area is 135 Å². The Kier molecular flexibility index (Phi) is 5.24. The molecular weight excluding hydrogens is 350 g/mol. The molecule has 2 rings (SSSR count). The number of hydrogen-bond acceptors (Lipinski definition) is 5. The van der Waals surface area contributed by atoms with Crippen molar-refractivity contribution in [1.82, 2.24) is 10.4 Å². The lowest BCUT2D eigenvalue weighted by Crippen LogP contribution is -2.17. The quantitative estimate of drug-likeness (QED) is 0.572. The number of aliphatic hydroxyl groups is 1. The van der Waals surface area contributed by atoms with E-state index in [0.717, 1.165) is 4.47 Å². The lowest BCUT2D eigenvalue weighted by Gasteiger charge is -2.07. The maximum Gasteiger partial charge on any atom is 0.271 e. The fraction of sp³-hybridized carbons (Fsp3) is 0.133. The van der Waals surface area contributed by atoms with E-state index in [1.165, 1.54) is 12.4 Å². The van der Waals surface area contributed by atoms with Gasteiger partial charge in [0, 0.05) is 27.4 Å². The predicted octanol–water partition coefficient (Wildman–Crippen LogP) is 2.11. The third kappa shape index (κ3) is 3.69. The van der Waals surface area contributed by atoms with Gasteiger partial charge in [0.1, 0.15) is 5.75 Å². The first-order valence-electron chi connectivity index (χ1n) is 6.40. The van der Waals surface area contributed by atoms with Gasteiger partial charge in [-0.1, -0.05) is 15.9 Å². The number of aryl methyl sites for hydroxylation is 1. The molecule has 3 N–H and O–H groups in total. The van der Waals surface area contributed by atoms with Crippen LogP contribution in [0, 0.1) is 6.92 Å². The number of benzene rings is 1. The summed E-state index contributed by atoms with van der Waals surface area (Å²) in [4.78, 5) is 15.8. The van der Waals surface area contributed by atoms with Gasteiger partial charge >= 0.3 is 0 Å². The van der Waals surface area contributed by atoms with Gasteiger partial charge in [0.25, 0.3) is 5.91 Å². The fourth-order valence-electron chi connectivity index (χ4n) is 1.74. The average molecular weight is 364 g/mol. The number of carbonyl (C=O) groups is 1. The van der Waals surface area contributed by atoms with Gasteiger partial charge in [0.05, 0.1) is 18.5 Å². The number of halogens is 1. The van der Waals surface area contributed by atoms with E-state index in [-0.39, 0.29) is 18.3 Å². The molecule has 0 atom stereocenters. The number of amides is 1. The minimum atomic E-state index is -0.375. The van der Waals surface area contributed by atoms with E-state index in [1.807, 2.05) is 0 Å². The highest BCUT2D eigenvalue weighted by Crippen LogP contribution is 2.21. The first kappa shape index (κ1) is 16.1. The van der Waals surface area contributed by atoms with Crippen molar-refractivity contribution in [2.24, 2.45) is 5.10 Å². The standard InChI is InChI=1S/C15H14BrN3O3/c1-9-14(21)13(11(8-20)6-17-9)7-18-19-15(22)10-2-4-12(16)5-3-10/h2-7,20-21H,8H2,1H3,(H,19,22)/b18-7+. The minimum absolute atomic E-state index is 0.0757. The van der Waals surface area contributed by atoms with Gasteiger partial charge in [-0.25, -0.2) is 5.43 Å². The molecule has 6 nitrogen and oxygen atoms in total. The lowest BCUT2D eigenvalue weighted by atomic mass is 10.1. The second-order valence-corrected chi connectivity index (χ2v) is 5.41. The van der Waals surface area contributed by atoms with Crippen LogP contribution in [0.15, 0.2) is 40.0 Å². The molecule has 0 fully saturated rings. The Morgan fingerprint density at radius 1 is 1.41 bits per heavy atom. The number of hydrogen-bond donors (Lipinski definition) is 3. The largest absolute Gasteiger partial charge is 0.505 e. The molecule has 0 aliphatic heterocycles. The predicted molar refractivity (Wildman–Crippen MR) is 85.8 cm³/mol. The van der Waals surface area contributed by atoms with Gasteiger partial charge in [-0.15, -0.1) is 0 Å². The normalized spacial score (nSPS) is 10.9. The summed E-state index contributed by atoms with van der Waals surface area (Å²) < 4.78 is 0.873. The smallest absolute Gasteiger partial charge is 0.271 e. The molecule has 1 aromatic heterocycles. The number of nitrogens with zero attached hydrogens (tertiary/aromatic N) is 2. The molecular formula is C15H14BrN3O3. The summed E-state index contributed by atoms with van der Waals surface area (Å²) in [5.41, 5.74) is 3.98. The van der Waals surface area contributed by atoms with E-state index in [1.54, 1.807) is 31.2 Å². The monoisotopic (exact) mass is 363 g/mol. The zero-order valence-electron chi connectivity index (χ0n) is 11.7. The van der Waals surface area contributed by atoms with Crippen LogP contribution in [0.1, 0.15) is 27.2 Å². The summed E-state index contributed by atoms with van der Waals surface area (Å²) in [7, 11) is 0. The van der Waals surface area contributed by atoms with Gasteiger partial charge < -0.3 is 10.2 Å². The summed E-state index contributed by atoms with van der Waals surface area (Å²) in [6, 6.07) is 6.81. The molecule has 0 bridgehead atoms. The second kappa shape index (κ2) is 7.15. The van der Waals surface area contributed by atoms with Crippen LogP contribution < -0.4 is 5.43 Å². The van der Waals surface area contributed by atoms with E-state index < -0.39 is 0 Å². The van der Waals surface area contributed by atoms with Crippen molar-refractivity contribution in [2.45, 2.75) is 13.5 Å². The molecule has 0 saturated heterocycles. The molecule has 0 unspecified atom stereocenters. The minimum Gasteiger partial charge on any atom is -0.505 e. The summed E-state index contributed by atoms with van der Waals surface area (Å²) in [5, 5.41) is 23.0. The number of pyridine rings is 1. The summed E-state index contributed by atoms with van der Waals surface area (Å²) in [6.07, 6.45) is 2.74. The lowest BCUT2D eigenvalue weighted by molar-refractivity contribution is 0.0955. The number of aromatic hydroxyl groups is 1. The van der Waals surface area contributed by atoms with Crippen LogP contribution >= 0.6 is 15.9 Å². The van der Waals surface area contributed by atoms with Gasteiger partial charge in [-0.3, -0.25) is 9.78 Å². The van der Waals surface area contributed by atoms with Crippen LogP contribution in [0.3, 0.4) is 0 Å². The Balaban J connectivity index is 2.14. The Hall–Kier alpha value is -2.25. The third-order valence-corrected chi connectivity index (χ3v) is 3.52. The van der Waals surface area contributed by atoms with E-state index in [4.69, 9.17) is 0 Å². The molecule has 1 heterocycles. The van der Waals surface area contributed by atoms with Crippen LogP contribution in [-0.2, 0) is 6.61 Å². The maximum atomic E-state index is 11.9. The van der Waals surface area contributed by atoms with Crippen molar-refractivity contribution in [1.29, 1.82) is 0 Å². The van der Waals surface area contributed by atoms with Crippen LogP contribution in [0.25, 0.3) is 0 Å². The highest BCUT2D eigenvalue weighted by molar-refractivity contribution is 9.10. The van der Waals surface area contributed by atoms with Crippen LogP contribution in [0.5, 0.6) is 5.75 Å². The van der Waals surface area contributed by atoms with Crippen molar-refractivity contribution < 1.29 is 15.0 Å². The molecule has 1 aromatic carbocycles. The van der Waals surface area contributed by atoms with E-state index in [0.29, 0.717) is 22.4 Å². The molecule has 114 valence electrons. The topological polar surface area (TPSA) is 94.8 Å². The highest BCUT2D eigenvalue weighted by Gasteiger charge is 2.09. The molecule has 0 saturated carbocycles. The number of hydrazone groups is 1. The SMILES string of the molecule is Cc1ncc(CO)c(/C=N/NC(=O)c2ccc(Br)cc2)c1O. The molecule has 2 aromatic rings. The molecule has 22 heavy (non-hydrogen) atoms. The van der Waals surface area contributed by atoms with Crippen molar-refractivity contribution in [3.05, 3.63) is 57.3 Å². The maximum absolute atomic E-state index is 11.9. The van der Waals surface area contributed by atoms with Crippen LogP contribution in [0.2, 0.25) is 0 Å². The summed E-state index contributed by atoms with van der Waals surface area (Å²) >= 11 is 3.29. The first-order valence-corrected chi connectivity index (χ1v) is 7.19. The van der Waals surface area contributed by atoms with E-state index in [9.17, 15) is 15.0 Å². The molecule has 0 spiro atoms. The Morgan fingerprint density at radius 2 is 2.09 bits per heavy atom. The number of rotatable bonds is 4. The number of aromatic nitrogens is 1. The van der Waals surface area contributed by atoms with E-state index >= 15 is 0 Å². The van der Waals surface area contributed by atoms with Crippen molar-refractivity contribution >= 4 is 28.1 Å². The zero-order valence-corrected chi connectivity index (χ0v) is 13.3. The van der Waals surface area contributed by atoms with Gasteiger partial charge in [0.15, 0.2) is 0 Å².